The van der Waals surface area contributed by atoms with Gasteiger partial charge >= 0.3 is 6.09 Å². The summed E-state index contributed by atoms with van der Waals surface area (Å²) >= 11 is 0. The molecule has 2 atom stereocenters. The van der Waals surface area contributed by atoms with Crippen LogP contribution in [0.4, 0.5) is 14.9 Å². The van der Waals surface area contributed by atoms with Crippen molar-refractivity contribution in [2.75, 3.05) is 18.8 Å². The maximum atomic E-state index is 16.0. The van der Waals surface area contributed by atoms with E-state index in [0.29, 0.717) is 35.2 Å². The molecule has 0 saturated carbocycles. The Labute approximate surface area is 247 Å². The van der Waals surface area contributed by atoms with E-state index in [2.05, 4.69) is 58.0 Å². The molecule has 0 bridgehead atoms. The lowest BCUT2D eigenvalue weighted by molar-refractivity contribution is 0.0208. The molecule has 0 unspecified atom stereocenters. The Balaban J connectivity index is 1.55. The number of anilines is 1. The first-order valence-electron chi connectivity index (χ1n) is 14.7. The Hall–Kier alpha value is -3.90. The molecule has 42 heavy (non-hydrogen) atoms. The fourth-order valence-corrected chi connectivity index (χ4v) is 12.6. The van der Waals surface area contributed by atoms with Crippen LogP contribution in [0, 0.1) is 17.3 Å². The molecule has 1 aromatic heterocycles. The number of hydrogen-bond donors (Lipinski definition) is 2. The molecule has 3 heterocycles. The second-order valence-corrected chi connectivity index (χ2v) is 18.0. The summed E-state index contributed by atoms with van der Waals surface area (Å²) in [6, 6.07) is 11.1. The van der Waals surface area contributed by atoms with Crippen LogP contribution in [0.3, 0.4) is 0 Å². The standard InChI is InChI=1S/C33H39FN4O3Si/c1-19(2)42(20(3)4,21(5)6)16-14-23-10-7-9-22-11-8-12-24(28(22)23)31-29(34)30(35)25(17-36-31)32(39)38-18-27-26(38)13-15-37(27)33(40)41/h7-12,17,19-21,26-27H,13,15,18H2,1-6H3,(H2,35,36)(H,40,41)/t26-,27-/m1/s1. The van der Waals surface area contributed by atoms with Gasteiger partial charge in [-0.1, -0.05) is 77.8 Å². The maximum absolute atomic E-state index is 16.0. The van der Waals surface area contributed by atoms with Crippen LogP contribution in [0.15, 0.2) is 42.6 Å². The Kier molecular flexibility index (Phi) is 7.79. The van der Waals surface area contributed by atoms with Crippen molar-refractivity contribution in [1.82, 2.24) is 14.8 Å². The van der Waals surface area contributed by atoms with Gasteiger partial charge in [-0.05, 0) is 34.5 Å². The number of nitrogen functional groups attached to an aromatic ring is 1. The summed E-state index contributed by atoms with van der Waals surface area (Å²) in [5, 5.41) is 11.1. The number of rotatable bonds is 5. The number of aromatic nitrogens is 1. The van der Waals surface area contributed by atoms with E-state index in [1.807, 2.05) is 36.4 Å². The SMILES string of the molecule is CC(C)[Si](C#Cc1cccc2cccc(-c3ncc(C(=O)N4C[C@@H]5[C@H]4CCN5C(=O)O)c(N)c3F)c12)(C(C)C)C(C)C. The van der Waals surface area contributed by atoms with E-state index in [1.54, 1.807) is 4.90 Å². The predicted octanol–water partition coefficient (Wildman–Crippen LogP) is 6.77. The third-order valence-electron chi connectivity index (χ3n) is 9.53. The van der Waals surface area contributed by atoms with Gasteiger partial charge in [0.2, 0.25) is 0 Å². The molecule has 5 rings (SSSR count). The zero-order chi connectivity index (χ0) is 30.5. The third-order valence-corrected chi connectivity index (χ3v) is 15.8. The van der Waals surface area contributed by atoms with Crippen LogP contribution in [0.5, 0.6) is 0 Å². The molecule has 2 fully saturated rings. The number of carbonyl (C=O) groups excluding carboxylic acids is 1. The van der Waals surface area contributed by atoms with Gasteiger partial charge in [-0.15, -0.1) is 5.54 Å². The van der Waals surface area contributed by atoms with Gasteiger partial charge in [0.1, 0.15) is 13.8 Å². The minimum absolute atomic E-state index is 0.00897. The van der Waals surface area contributed by atoms with E-state index in [1.165, 1.54) is 11.1 Å². The maximum Gasteiger partial charge on any atom is 0.407 e. The first-order valence-corrected chi connectivity index (χ1v) is 16.9. The minimum Gasteiger partial charge on any atom is -0.465 e. The Morgan fingerprint density at radius 1 is 1.02 bits per heavy atom. The number of carboxylic acid groups (broad SMARTS) is 1. The number of fused-ring (bicyclic) bond motifs is 2. The molecular weight excluding hydrogens is 547 g/mol. The Bertz CT molecular complexity index is 1600. The van der Waals surface area contributed by atoms with Gasteiger partial charge in [0.15, 0.2) is 5.82 Å². The summed E-state index contributed by atoms with van der Waals surface area (Å²) < 4.78 is 16.0. The summed E-state index contributed by atoms with van der Waals surface area (Å²) in [5.74, 6) is 2.36. The molecular formula is C33H39FN4O3Si. The summed E-state index contributed by atoms with van der Waals surface area (Å²) in [7, 11) is -2.01. The molecule has 0 aliphatic carbocycles. The minimum atomic E-state index is -2.01. The average Bonchev–Trinajstić information content (AvgIpc) is 3.25. The topological polar surface area (TPSA) is 99.8 Å². The van der Waals surface area contributed by atoms with Crippen molar-refractivity contribution in [2.45, 2.75) is 76.7 Å². The molecule has 2 amide bonds. The van der Waals surface area contributed by atoms with Gasteiger partial charge in [-0.25, -0.2) is 9.18 Å². The predicted molar refractivity (Wildman–Crippen MR) is 167 cm³/mol. The number of amides is 2. The number of benzene rings is 2. The second kappa shape index (κ2) is 11.1. The van der Waals surface area contributed by atoms with Crippen LogP contribution in [-0.2, 0) is 0 Å². The van der Waals surface area contributed by atoms with E-state index in [0.717, 1.165) is 16.3 Å². The fraction of sp³-hybridized carbons (Fsp3) is 0.424. The largest absolute Gasteiger partial charge is 0.465 e. The smallest absolute Gasteiger partial charge is 0.407 e. The monoisotopic (exact) mass is 586 g/mol. The number of carbonyl (C=O) groups is 2. The van der Waals surface area contributed by atoms with Crippen LogP contribution in [0.2, 0.25) is 16.6 Å². The van der Waals surface area contributed by atoms with Gasteiger partial charge in [0, 0.05) is 35.8 Å². The molecule has 3 N–H and O–H groups in total. The van der Waals surface area contributed by atoms with Crippen LogP contribution >= 0.6 is 0 Å². The highest BCUT2D eigenvalue weighted by Crippen LogP contribution is 2.41. The lowest BCUT2D eigenvalue weighted by atomic mass is 9.94. The molecule has 0 spiro atoms. The van der Waals surface area contributed by atoms with E-state index in [-0.39, 0.29) is 35.6 Å². The van der Waals surface area contributed by atoms with Gasteiger partial charge in [-0.2, -0.15) is 0 Å². The number of pyridine rings is 1. The van der Waals surface area contributed by atoms with E-state index in [4.69, 9.17) is 5.73 Å². The van der Waals surface area contributed by atoms with Crippen molar-refractivity contribution in [3.05, 3.63) is 59.5 Å². The quantitative estimate of drug-likeness (QED) is 0.254. The summed E-state index contributed by atoms with van der Waals surface area (Å²) in [4.78, 5) is 32.1. The molecule has 2 saturated heterocycles. The van der Waals surface area contributed by atoms with Crippen molar-refractivity contribution >= 4 is 36.5 Å². The number of halogens is 1. The van der Waals surface area contributed by atoms with E-state index < -0.39 is 25.9 Å². The highest BCUT2D eigenvalue weighted by molar-refractivity contribution is 6.90. The second-order valence-electron chi connectivity index (χ2n) is 12.5. The molecule has 220 valence electrons. The molecule has 3 aromatic rings. The van der Waals surface area contributed by atoms with Crippen molar-refractivity contribution in [2.24, 2.45) is 0 Å². The third kappa shape index (κ3) is 4.62. The fourth-order valence-electron chi connectivity index (χ4n) is 7.36. The highest BCUT2D eigenvalue weighted by Gasteiger charge is 2.51. The van der Waals surface area contributed by atoms with Crippen molar-refractivity contribution in [3.8, 4) is 22.7 Å². The number of nitrogens with two attached hydrogens (primary N) is 1. The zero-order valence-corrected chi connectivity index (χ0v) is 26.1. The summed E-state index contributed by atoms with van der Waals surface area (Å²) in [6.45, 7) is 14.3. The normalized spacial score (nSPS) is 18.3. The summed E-state index contributed by atoms with van der Waals surface area (Å²) in [6.07, 6.45) is 0.899. The highest BCUT2D eigenvalue weighted by atomic mass is 28.3. The van der Waals surface area contributed by atoms with Gasteiger partial charge in [0.25, 0.3) is 5.91 Å². The van der Waals surface area contributed by atoms with Crippen LogP contribution in [-0.4, -0.2) is 65.1 Å². The molecule has 7 nitrogen and oxygen atoms in total. The van der Waals surface area contributed by atoms with Crippen LogP contribution < -0.4 is 5.73 Å². The van der Waals surface area contributed by atoms with Crippen LogP contribution in [0.1, 0.15) is 63.9 Å². The first-order chi connectivity index (χ1) is 19.9. The lowest BCUT2D eigenvalue weighted by Crippen LogP contribution is -2.64. The number of nitrogens with zero attached hydrogens (tertiary/aromatic N) is 3. The van der Waals surface area contributed by atoms with Crippen molar-refractivity contribution in [1.29, 1.82) is 0 Å². The molecule has 2 aliphatic rings. The van der Waals surface area contributed by atoms with Crippen LogP contribution in [0.25, 0.3) is 22.0 Å². The average molecular weight is 587 g/mol. The Morgan fingerprint density at radius 3 is 2.29 bits per heavy atom. The van der Waals surface area contributed by atoms with Gasteiger partial charge in [0.05, 0.1) is 23.3 Å². The first kappa shape index (κ1) is 29.6. The van der Waals surface area contributed by atoms with Crippen molar-refractivity contribution < 1.29 is 19.1 Å². The zero-order valence-electron chi connectivity index (χ0n) is 25.1. The molecule has 2 aromatic carbocycles. The lowest BCUT2D eigenvalue weighted by Gasteiger charge is -2.46. The van der Waals surface area contributed by atoms with Crippen molar-refractivity contribution in [3.63, 3.8) is 0 Å². The number of hydrogen-bond acceptors (Lipinski definition) is 4. The molecule has 0 radical (unpaired) electrons. The molecule has 9 heteroatoms. The van der Waals surface area contributed by atoms with E-state index >= 15 is 4.39 Å². The number of likely N-dealkylation sites (tertiary alicyclic amines) is 2. The Morgan fingerprint density at radius 2 is 1.67 bits per heavy atom. The summed E-state index contributed by atoms with van der Waals surface area (Å²) in [5.41, 5.74) is 12.7. The van der Waals surface area contributed by atoms with Gasteiger partial charge in [-0.3, -0.25) is 9.78 Å². The van der Waals surface area contributed by atoms with E-state index in [9.17, 15) is 14.7 Å². The molecule has 2 aliphatic heterocycles. The van der Waals surface area contributed by atoms with Gasteiger partial charge < -0.3 is 20.6 Å².